The summed E-state index contributed by atoms with van der Waals surface area (Å²) in [6, 6.07) is 14.4. The van der Waals surface area contributed by atoms with Crippen LogP contribution in [-0.4, -0.2) is 30.0 Å². The van der Waals surface area contributed by atoms with Crippen molar-refractivity contribution < 1.29 is 22.4 Å². The first-order valence-corrected chi connectivity index (χ1v) is 10.8. The van der Waals surface area contributed by atoms with E-state index < -0.39 is 11.7 Å². The summed E-state index contributed by atoms with van der Waals surface area (Å²) in [6.07, 6.45) is -0.262. The van der Waals surface area contributed by atoms with E-state index in [0.29, 0.717) is 31.7 Å². The van der Waals surface area contributed by atoms with Gasteiger partial charge in [-0.05, 0) is 41.8 Å². The molecular weight excluding hydrogens is 431 g/mol. The smallest absolute Gasteiger partial charge is 0.417 e. The highest BCUT2D eigenvalue weighted by atomic mass is 19.4. The highest BCUT2D eigenvalue weighted by molar-refractivity contribution is 6.08. The molecule has 1 aliphatic rings. The average molecular weight is 453 g/mol. The molecule has 0 radical (unpaired) electrons. The molecule has 4 aromatic rings. The van der Waals surface area contributed by atoms with Crippen LogP contribution in [0.4, 0.5) is 19.0 Å². The molecule has 0 bridgehead atoms. The minimum Gasteiger partial charge on any atom is -0.464 e. The molecule has 2 aromatic heterocycles. The zero-order valence-corrected chi connectivity index (χ0v) is 17.7. The minimum absolute atomic E-state index is 0.0121. The minimum atomic E-state index is -4.39. The van der Waals surface area contributed by atoms with Gasteiger partial charge in [-0.2, -0.15) is 13.2 Å². The number of benzene rings is 2. The van der Waals surface area contributed by atoms with E-state index in [4.69, 9.17) is 4.42 Å². The molecule has 1 N–H and O–H groups in total. The molecule has 0 spiro atoms. The number of aromatic nitrogens is 1. The predicted octanol–water partition coefficient (Wildman–Crippen LogP) is 5.33. The number of rotatable bonds is 4. The lowest BCUT2D eigenvalue weighted by molar-refractivity contribution is -0.137. The Labute approximate surface area is 188 Å². The number of furan rings is 1. The van der Waals surface area contributed by atoms with Crippen LogP contribution in [0.1, 0.15) is 24.0 Å². The van der Waals surface area contributed by atoms with Crippen LogP contribution in [0.5, 0.6) is 0 Å². The fourth-order valence-electron chi connectivity index (χ4n) is 4.45. The van der Waals surface area contributed by atoms with Crippen molar-refractivity contribution in [2.24, 2.45) is 0 Å². The van der Waals surface area contributed by atoms with Crippen LogP contribution in [0.2, 0.25) is 0 Å². The van der Waals surface area contributed by atoms with Crippen LogP contribution >= 0.6 is 0 Å². The van der Waals surface area contributed by atoms with Crippen LogP contribution in [0, 0.1) is 0 Å². The molecule has 2 aromatic carbocycles. The summed E-state index contributed by atoms with van der Waals surface area (Å²) in [4.78, 5) is 18.7. The molecule has 170 valence electrons. The number of halogens is 3. The molecule has 0 unspecified atom stereocenters. The van der Waals surface area contributed by atoms with Gasteiger partial charge >= 0.3 is 6.18 Å². The summed E-state index contributed by atoms with van der Waals surface area (Å²) in [5, 5.41) is 6.21. The van der Waals surface area contributed by atoms with Crippen molar-refractivity contribution in [2.45, 2.75) is 31.5 Å². The summed E-state index contributed by atoms with van der Waals surface area (Å²) in [5.41, 5.74) is 0.854. The third kappa shape index (κ3) is 4.37. The molecule has 8 heteroatoms. The molecule has 5 nitrogen and oxygen atoms in total. The molecule has 0 saturated carbocycles. The van der Waals surface area contributed by atoms with Crippen molar-refractivity contribution in [3.05, 3.63) is 72.1 Å². The van der Waals surface area contributed by atoms with E-state index in [-0.39, 0.29) is 18.4 Å². The van der Waals surface area contributed by atoms with Gasteiger partial charge in [-0.1, -0.05) is 30.3 Å². The first kappa shape index (κ1) is 21.3. The van der Waals surface area contributed by atoms with Crippen molar-refractivity contribution in [3.8, 4) is 0 Å². The second-order valence-electron chi connectivity index (χ2n) is 8.33. The Balaban J connectivity index is 1.20. The van der Waals surface area contributed by atoms with Crippen molar-refractivity contribution in [3.63, 3.8) is 0 Å². The Morgan fingerprint density at radius 1 is 1.09 bits per heavy atom. The number of alkyl halides is 3. The van der Waals surface area contributed by atoms with Gasteiger partial charge in [0.05, 0.1) is 18.2 Å². The molecule has 33 heavy (non-hydrogen) atoms. The fourth-order valence-corrected chi connectivity index (χ4v) is 4.45. The zero-order chi connectivity index (χ0) is 23.0. The summed E-state index contributed by atoms with van der Waals surface area (Å²) in [7, 11) is 0. The summed E-state index contributed by atoms with van der Waals surface area (Å²) < 4.78 is 43.9. The van der Waals surface area contributed by atoms with Crippen LogP contribution in [0.15, 0.2) is 65.4 Å². The van der Waals surface area contributed by atoms with E-state index in [0.717, 1.165) is 39.6 Å². The summed E-state index contributed by atoms with van der Waals surface area (Å²) in [6.45, 7) is 1.23. The third-order valence-corrected chi connectivity index (χ3v) is 6.15. The number of pyridine rings is 1. The van der Waals surface area contributed by atoms with E-state index in [1.165, 1.54) is 6.07 Å². The lowest BCUT2D eigenvalue weighted by Crippen LogP contribution is -2.45. The Morgan fingerprint density at radius 2 is 1.88 bits per heavy atom. The lowest BCUT2D eigenvalue weighted by atomic mass is 10.0. The quantitative estimate of drug-likeness (QED) is 0.454. The molecular formula is C25H22F3N3O2. The lowest BCUT2D eigenvalue weighted by Gasteiger charge is -2.33. The van der Waals surface area contributed by atoms with Gasteiger partial charge in [-0.25, -0.2) is 4.98 Å². The predicted molar refractivity (Wildman–Crippen MR) is 120 cm³/mol. The maximum absolute atomic E-state index is 12.8. The van der Waals surface area contributed by atoms with Gasteiger partial charge in [0.15, 0.2) is 0 Å². The molecule has 5 rings (SSSR count). The monoisotopic (exact) mass is 453 g/mol. The largest absolute Gasteiger partial charge is 0.464 e. The van der Waals surface area contributed by atoms with Gasteiger partial charge < -0.3 is 14.6 Å². The number of fused-ring (bicyclic) bond motifs is 3. The molecule has 1 saturated heterocycles. The van der Waals surface area contributed by atoms with Crippen molar-refractivity contribution in [2.75, 3.05) is 18.0 Å². The summed E-state index contributed by atoms with van der Waals surface area (Å²) in [5.74, 6) is 0.446. The van der Waals surface area contributed by atoms with E-state index in [9.17, 15) is 18.0 Å². The first-order chi connectivity index (χ1) is 15.9. The van der Waals surface area contributed by atoms with Crippen molar-refractivity contribution in [1.29, 1.82) is 0 Å². The molecule has 0 aliphatic carbocycles. The normalized spacial score (nSPS) is 15.3. The maximum atomic E-state index is 12.8. The highest BCUT2D eigenvalue weighted by Crippen LogP contribution is 2.31. The van der Waals surface area contributed by atoms with E-state index in [2.05, 4.69) is 10.3 Å². The van der Waals surface area contributed by atoms with Crippen LogP contribution in [0.25, 0.3) is 21.7 Å². The van der Waals surface area contributed by atoms with Gasteiger partial charge in [0.2, 0.25) is 5.91 Å². The standard InChI is InChI=1S/C25H22F3N3O2/c26-25(27,28)18-6-8-22(29-14-18)31-11-9-19(10-12-31)30-23(32)13-17-15-33-21-7-5-16-3-1-2-4-20(16)24(17)21/h1-8,14-15,19H,9-13H2,(H,30,32). The first-order valence-electron chi connectivity index (χ1n) is 10.8. The number of hydrogen-bond acceptors (Lipinski definition) is 4. The van der Waals surface area contributed by atoms with Gasteiger partial charge in [-0.15, -0.1) is 0 Å². The van der Waals surface area contributed by atoms with Crippen molar-refractivity contribution in [1.82, 2.24) is 10.3 Å². The molecule has 1 amide bonds. The van der Waals surface area contributed by atoms with Gasteiger partial charge in [0, 0.05) is 36.3 Å². The Bertz CT molecular complexity index is 1290. The van der Waals surface area contributed by atoms with Crippen LogP contribution in [0.3, 0.4) is 0 Å². The Hall–Kier alpha value is -3.55. The number of hydrogen-bond donors (Lipinski definition) is 1. The number of amides is 1. The number of nitrogens with one attached hydrogen (secondary N) is 1. The van der Waals surface area contributed by atoms with Crippen LogP contribution in [-0.2, 0) is 17.4 Å². The van der Waals surface area contributed by atoms with E-state index >= 15 is 0 Å². The van der Waals surface area contributed by atoms with Crippen molar-refractivity contribution >= 4 is 33.5 Å². The second-order valence-corrected chi connectivity index (χ2v) is 8.33. The summed E-state index contributed by atoms with van der Waals surface area (Å²) >= 11 is 0. The number of carbonyl (C=O) groups is 1. The fraction of sp³-hybridized carbons (Fsp3) is 0.280. The number of piperidine rings is 1. The third-order valence-electron chi connectivity index (χ3n) is 6.15. The second kappa shape index (κ2) is 8.42. The maximum Gasteiger partial charge on any atom is 0.417 e. The Morgan fingerprint density at radius 3 is 2.61 bits per heavy atom. The highest BCUT2D eigenvalue weighted by Gasteiger charge is 2.31. The number of carbonyl (C=O) groups excluding carboxylic acids is 1. The zero-order valence-electron chi connectivity index (χ0n) is 17.7. The van der Waals surface area contributed by atoms with E-state index in [1.807, 2.05) is 41.3 Å². The molecule has 3 heterocycles. The van der Waals surface area contributed by atoms with Gasteiger partial charge in [-0.3, -0.25) is 4.79 Å². The molecule has 1 aliphatic heterocycles. The average Bonchev–Trinajstić information content (AvgIpc) is 3.22. The van der Waals surface area contributed by atoms with Gasteiger partial charge in [0.25, 0.3) is 0 Å². The Kier molecular flexibility index (Phi) is 5.44. The molecule has 1 fully saturated rings. The number of nitrogens with zero attached hydrogens (tertiary/aromatic N) is 2. The topological polar surface area (TPSA) is 58.4 Å². The number of anilines is 1. The van der Waals surface area contributed by atoms with Gasteiger partial charge in [0.1, 0.15) is 11.4 Å². The van der Waals surface area contributed by atoms with E-state index in [1.54, 1.807) is 6.26 Å². The van der Waals surface area contributed by atoms with Crippen LogP contribution < -0.4 is 10.2 Å². The SMILES string of the molecule is O=C(Cc1coc2ccc3ccccc3c12)NC1CCN(c2ccc(C(F)(F)F)cn2)CC1. The molecule has 0 atom stereocenters.